The van der Waals surface area contributed by atoms with Crippen LogP contribution in [0.2, 0.25) is 0 Å². The van der Waals surface area contributed by atoms with E-state index in [0.29, 0.717) is 5.92 Å². The molecule has 1 fully saturated rings. The molecular formula is C14H25N3O2S. The van der Waals surface area contributed by atoms with E-state index in [2.05, 4.69) is 17.2 Å². The van der Waals surface area contributed by atoms with Crippen LogP contribution in [0.4, 0.5) is 0 Å². The van der Waals surface area contributed by atoms with E-state index >= 15 is 0 Å². The summed E-state index contributed by atoms with van der Waals surface area (Å²) in [7, 11) is -0.952. The average Bonchev–Trinajstić information content (AvgIpc) is 2.81. The van der Waals surface area contributed by atoms with Crippen LogP contribution in [0.1, 0.15) is 44.5 Å². The maximum atomic E-state index is 11.8. The summed E-state index contributed by atoms with van der Waals surface area (Å²) in [5.41, 5.74) is 0. The number of hydrogen-bond donors (Lipinski definition) is 1. The fourth-order valence-electron chi connectivity index (χ4n) is 3.24. The molecule has 2 rings (SSSR count). The third kappa shape index (κ3) is 3.41. The summed E-state index contributed by atoms with van der Waals surface area (Å²) in [5.74, 6) is 1.34. The van der Waals surface area contributed by atoms with E-state index in [4.69, 9.17) is 0 Å². The van der Waals surface area contributed by atoms with Gasteiger partial charge in [-0.2, -0.15) is 0 Å². The Morgan fingerprint density at radius 3 is 2.80 bits per heavy atom. The number of aryl methyl sites for hydroxylation is 1. The Hall–Kier alpha value is -0.880. The van der Waals surface area contributed by atoms with Crippen LogP contribution < -0.4 is 5.32 Å². The number of rotatable bonds is 5. The topological polar surface area (TPSA) is 64.0 Å². The van der Waals surface area contributed by atoms with Gasteiger partial charge in [0.25, 0.3) is 0 Å². The van der Waals surface area contributed by atoms with Crippen LogP contribution in [0.3, 0.4) is 0 Å². The van der Waals surface area contributed by atoms with Crippen molar-refractivity contribution in [1.82, 2.24) is 14.9 Å². The van der Waals surface area contributed by atoms with Crippen molar-refractivity contribution in [3.8, 4) is 0 Å². The highest BCUT2D eigenvalue weighted by Crippen LogP contribution is 2.36. The van der Waals surface area contributed by atoms with E-state index < -0.39 is 9.84 Å². The smallest absolute Gasteiger partial charge is 0.150 e. The van der Waals surface area contributed by atoms with E-state index in [0.717, 1.165) is 38.1 Å². The maximum Gasteiger partial charge on any atom is 0.150 e. The van der Waals surface area contributed by atoms with Crippen LogP contribution in [0.25, 0.3) is 0 Å². The molecule has 1 aliphatic carbocycles. The van der Waals surface area contributed by atoms with Crippen LogP contribution in [0.5, 0.6) is 0 Å². The van der Waals surface area contributed by atoms with Crippen molar-refractivity contribution < 1.29 is 8.42 Å². The lowest BCUT2D eigenvalue weighted by molar-refractivity contribution is 0.264. The highest BCUT2D eigenvalue weighted by molar-refractivity contribution is 7.91. The molecule has 5 nitrogen and oxygen atoms in total. The summed E-state index contributed by atoms with van der Waals surface area (Å²) in [4.78, 5) is 4.45. The summed E-state index contributed by atoms with van der Waals surface area (Å²) < 4.78 is 25.7. The second-order valence-corrected chi connectivity index (χ2v) is 8.14. The fourth-order valence-corrected chi connectivity index (χ4v) is 4.43. The molecule has 1 heterocycles. The molecule has 0 bridgehead atoms. The molecule has 0 aromatic carbocycles. The predicted molar refractivity (Wildman–Crippen MR) is 80.2 cm³/mol. The number of sulfone groups is 1. The normalized spacial score (nSPS) is 25.6. The predicted octanol–water partition coefficient (Wildman–Crippen LogP) is 1.67. The van der Waals surface area contributed by atoms with Gasteiger partial charge in [0, 0.05) is 25.7 Å². The van der Waals surface area contributed by atoms with Gasteiger partial charge in [-0.25, -0.2) is 13.4 Å². The molecule has 114 valence electrons. The van der Waals surface area contributed by atoms with E-state index in [1.54, 1.807) is 6.20 Å². The Labute approximate surface area is 121 Å². The second-order valence-electron chi connectivity index (χ2n) is 5.81. The summed E-state index contributed by atoms with van der Waals surface area (Å²) in [6.07, 6.45) is 8.69. The molecule has 1 aromatic heterocycles. The zero-order valence-electron chi connectivity index (χ0n) is 12.5. The number of nitrogens with one attached hydrogen (secondary N) is 1. The van der Waals surface area contributed by atoms with E-state index in [9.17, 15) is 8.42 Å². The molecule has 1 aromatic rings. The Morgan fingerprint density at radius 1 is 1.50 bits per heavy atom. The number of aromatic nitrogens is 2. The largest absolute Gasteiger partial charge is 0.337 e. The zero-order chi connectivity index (χ0) is 14.8. The molecule has 0 spiro atoms. The highest BCUT2D eigenvalue weighted by Gasteiger charge is 2.34. The van der Waals surface area contributed by atoms with Crippen molar-refractivity contribution in [2.24, 2.45) is 13.0 Å². The van der Waals surface area contributed by atoms with Crippen molar-refractivity contribution in [3.63, 3.8) is 0 Å². The van der Waals surface area contributed by atoms with E-state index in [-0.39, 0.29) is 11.3 Å². The Balaban J connectivity index is 2.19. The molecule has 20 heavy (non-hydrogen) atoms. The van der Waals surface area contributed by atoms with E-state index in [1.807, 2.05) is 17.8 Å². The molecular weight excluding hydrogens is 274 g/mol. The summed E-state index contributed by atoms with van der Waals surface area (Å²) in [5, 5.41) is 3.30. The third-order valence-corrected chi connectivity index (χ3v) is 5.94. The molecule has 1 saturated carbocycles. The SMILES string of the molecule is CCNC(c1nccn1C)C1CCCC(S(C)(=O)=O)C1. The molecule has 1 N–H and O–H groups in total. The number of hydrogen-bond acceptors (Lipinski definition) is 4. The molecule has 0 radical (unpaired) electrons. The van der Waals surface area contributed by atoms with Gasteiger partial charge in [0.2, 0.25) is 0 Å². The lowest BCUT2D eigenvalue weighted by atomic mass is 9.83. The Bertz CT molecular complexity index is 538. The molecule has 3 unspecified atom stereocenters. The van der Waals surface area contributed by atoms with Crippen LogP contribution in [-0.2, 0) is 16.9 Å². The van der Waals surface area contributed by atoms with Gasteiger partial charge in [0.1, 0.15) is 15.7 Å². The summed E-state index contributed by atoms with van der Waals surface area (Å²) in [6, 6.07) is 0.143. The minimum Gasteiger partial charge on any atom is -0.337 e. The average molecular weight is 299 g/mol. The lowest BCUT2D eigenvalue weighted by Gasteiger charge is -2.34. The second kappa shape index (κ2) is 6.26. The fraction of sp³-hybridized carbons (Fsp3) is 0.786. The number of imidazole rings is 1. The molecule has 0 aliphatic heterocycles. The van der Waals surface area contributed by atoms with Gasteiger partial charge in [0.15, 0.2) is 0 Å². The molecule has 6 heteroatoms. The summed E-state index contributed by atoms with van der Waals surface area (Å²) in [6.45, 7) is 2.93. The van der Waals surface area contributed by atoms with Gasteiger partial charge in [-0.15, -0.1) is 0 Å². The minimum absolute atomic E-state index is 0.143. The molecule has 0 amide bonds. The van der Waals surface area contributed by atoms with Crippen LogP contribution >= 0.6 is 0 Å². The summed E-state index contributed by atoms with van der Waals surface area (Å²) >= 11 is 0. The van der Waals surface area contributed by atoms with Gasteiger partial charge in [-0.05, 0) is 31.7 Å². The van der Waals surface area contributed by atoms with Crippen LogP contribution in [0.15, 0.2) is 12.4 Å². The van der Waals surface area contributed by atoms with Crippen molar-refractivity contribution in [3.05, 3.63) is 18.2 Å². The van der Waals surface area contributed by atoms with Crippen LogP contribution in [0, 0.1) is 5.92 Å². The van der Waals surface area contributed by atoms with Gasteiger partial charge in [-0.3, -0.25) is 0 Å². The highest BCUT2D eigenvalue weighted by atomic mass is 32.2. The van der Waals surface area contributed by atoms with Crippen molar-refractivity contribution >= 4 is 9.84 Å². The Kier molecular flexibility index (Phi) is 4.86. The van der Waals surface area contributed by atoms with Gasteiger partial charge in [-0.1, -0.05) is 13.3 Å². The van der Waals surface area contributed by atoms with Gasteiger partial charge < -0.3 is 9.88 Å². The van der Waals surface area contributed by atoms with Gasteiger partial charge >= 0.3 is 0 Å². The number of nitrogens with zero attached hydrogens (tertiary/aromatic N) is 2. The molecule has 0 saturated heterocycles. The maximum absolute atomic E-state index is 11.8. The molecule has 1 aliphatic rings. The first-order valence-electron chi connectivity index (χ1n) is 7.33. The zero-order valence-corrected chi connectivity index (χ0v) is 13.4. The van der Waals surface area contributed by atoms with Crippen molar-refractivity contribution in [1.29, 1.82) is 0 Å². The van der Waals surface area contributed by atoms with Gasteiger partial charge in [0.05, 0.1) is 11.3 Å². The quantitative estimate of drug-likeness (QED) is 0.898. The monoisotopic (exact) mass is 299 g/mol. The van der Waals surface area contributed by atoms with E-state index in [1.165, 1.54) is 6.26 Å². The minimum atomic E-state index is -2.94. The molecule has 3 atom stereocenters. The standard InChI is InChI=1S/C14H25N3O2S/c1-4-15-13(14-16-8-9-17(14)2)11-6-5-7-12(10-11)20(3,18)19/h8-9,11-13,15H,4-7,10H2,1-3H3. The first-order valence-corrected chi connectivity index (χ1v) is 9.28. The lowest BCUT2D eigenvalue weighted by Crippen LogP contribution is -2.36. The van der Waals surface area contributed by atoms with Crippen LogP contribution in [-0.4, -0.2) is 36.0 Å². The third-order valence-electron chi connectivity index (χ3n) is 4.30. The first kappa shape index (κ1) is 15.5. The first-order chi connectivity index (χ1) is 9.43. The van der Waals surface area contributed by atoms with Crippen molar-refractivity contribution in [2.75, 3.05) is 12.8 Å². The van der Waals surface area contributed by atoms with Crippen molar-refractivity contribution in [2.45, 2.75) is 43.9 Å². The Morgan fingerprint density at radius 2 is 2.25 bits per heavy atom.